The summed E-state index contributed by atoms with van der Waals surface area (Å²) >= 11 is 3.38. The Labute approximate surface area is 132 Å². The summed E-state index contributed by atoms with van der Waals surface area (Å²) in [5.41, 5.74) is -0.738. The molecular weight excluding hydrogens is 336 g/mol. The molecule has 0 saturated carbocycles. The molecule has 0 radical (unpaired) electrons. The fourth-order valence-corrected chi connectivity index (χ4v) is 3.06. The number of benzene rings is 1. The van der Waals surface area contributed by atoms with Gasteiger partial charge in [0.25, 0.3) is 5.91 Å². The molecule has 5 nitrogen and oxygen atoms in total. The zero-order chi connectivity index (χ0) is 15.5. The van der Waals surface area contributed by atoms with Crippen LogP contribution in [-0.2, 0) is 4.79 Å². The van der Waals surface area contributed by atoms with Crippen molar-refractivity contribution in [3.8, 4) is 5.75 Å². The van der Waals surface area contributed by atoms with Crippen molar-refractivity contribution >= 4 is 27.9 Å². The topological polar surface area (TPSA) is 58.6 Å². The smallest absolute Gasteiger partial charge is 0.325 e. The summed E-state index contributed by atoms with van der Waals surface area (Å²) < 4.78 is 6.59. The summed E-state index contributed by atoms with van der Waals surface area (Å²) in [6.07, 6.45) is 1.19. The van der Waals surface area contributed by atoms with Gasteiger partial charge in [0.15, 0.2) is 0 Å². The van der Waals surface area contributed by atoms with E-state index in [1.54, 1.807) is 4.90 Å². The Bertz CT molecular complexity index is 543. The Morgan fingerprint density at radius 1 is 1.29 bits per heavy atom. The number of amides is 3. The monoisotopic (exact) mass is 354 g/mol. The van der Waals surface area contributed by atoms with E-state index in [9.17, 15) is 9.59 Å². The molecule has 2 rings (SSSR count). The van der Waals surface area contributed by atoms with Crippen LogP contribution < -0.4 is 10.1 Å². The predicted octanol–water partition coefficient (Wildman–Crippen LogP) is 2.94. The first-order chi connectivity index (χ1) is 10.0. The first-order valence-corrected chi connectivity index (χ1v) is 7.84. The van der Waals surface area contributed by atoms with E-state index < -0.39 is 5.54 Å². The van der Waals surface area contributed by atoms with Gasteiger partial charge >= 0.3 is 6.03 Å². The largest absolute Gasteiger partial charge is 0.492 e. The van der Waals surface area contributed by atoms with Crippen molar-refractivity contribution in [1.82, 2.24) is 10.2 Å². The summed E-state index contributed by atoms with van der Waals surface area (Å²) in [4.78, 5) is 25.6. The van der Waals surface area contributed by atoms with Crippen molar-refractivity contribution in [2.75, 3.05) is 13.2 Å². The van der Waals surface area contributed by atoms with Crippen molar-refractivity contribution in [2.45, 2.75) is 32.2 Å². The summed E-state index contributed by atoms with van der Waals surface area (Å²) in [5, 5.41) is 2.40. The van der Waals surface area contributed by atoms with Gasteiger partial charge in [0.05, 0.1) is 6.54 Å². The molecule has 1 fully saturated rings. The maximum Gasteiger partial charge on any atom is 0.325 e. The number of rotatable bonds is 6. The number of hydrogen-bond donors (Lipinski definition) is 1. The molecule has 0 bridgehead atoms. The zero-order valence-corrected chi connectivity index (χ0v) is 13.8. The highest BCUT2D eigenvalue weighted by Gasteiger charge is 2.49. The second-order valence-electron chi connectivity index (χ2n) is 4.96. The van der Waals surface area contributed by atoms with Gasteiger partial charge < -0.3 is 9.64 Å². The number of ether oxygens (including phenoxy) is 1. The molecule has 1 saturated heterocycles. The van der Waals surface area contributed by atoms with Crippen molar-refractivity contribution in [2.24, 2.45) is 0 Å². The molecule has 1 N–H and O–H groups in total. The summed E-state index contributed by atoms with van der Waals surface area (Å²) in [6, 6.07) is 7.18. The Morgan fingerprint density at radius 2 is 2.00 bits per heavy atom. The van der Waals surface area contributed by atoms with Crippen LogP contribution in [0.3, 0.4) is 0 Å². The van der Waals surface area contributed by atoms with E-state index in [1.165, 1.54) is 0 Å². The normalized spacial score (nSPS) is 17.0. The third-order valence-electron chi connectivity index (χ3n) is 3.95. The Morgan fingerprint density at radius 3 is 2.62 bits per heavy atom. The lowest BCUT2D eigenvalue weighted by Gasteiger charge is -2.33. The number of carbonyl (C=O) groups is 2. The highest BCUT2D eigenvalue weighted by atomic mass is 79.9. The molecule has 3 amide bonds. The first kappa shape index (κ1) is 15.8. The van der Waals surface area contributed by atoms with E-state index in [1.807, 2.05) is 38.1 Å². The number of urea groups is 1. The van der Waals surface area contributed by atoms with E-state index >= 15 is 0 Å². The molecule has 1 aliphatic heterocycles. The highest BCUT2D eigenvalue weighted by Crippen LogP contribution is 2.29. The van der Waals surface area contributed by atoms with Gasteiger partial charge in [-0.05, 0) is 31.0 Å². The molecule has 1 aliphatic rings. The van der Waals surface area contributed by atoms with E-state index in [0.717, 1.165) is 10.2 Å². The molecule has 1 aromatic carbocycles. The van der Waals surface area contributed by atoms with Gasteiger partial charge in [0.2, 0.25) is 0 Å². The second-order valence-corrected chi connectivity index (χ2v) is 5.87. The van der Waals surface area contributed by atoms with Crippen LogP contribution in [0.1, 0.15) is 26.7 Å². The molecule has 114 valence electrons. The van der Waals surface area contributed by atoms with Gasteiger partial charge in [0, 0.05) is 4.47 Å². The van der Waals surface area contributed by atoms with Gasteiger partial charge in [-0.3, -0.25) is 10.1 Å². The average Bonchev–Trinajstić information content (AvgIpc) is 2.70. The van der Waals surface area contributed by atoms with E-state index in [4.69, 9.17) is 4.74 Å². The van der Waals surface area contributed by atoms with Crippen LogP contribution in [0.15, 0.2) is 28.7 Å². The van der Waals surface area contributed by atoms with Gasteiger partial charge in [-0.25, -0.2) is 4.79 Å². The molecule has 0 spiro atoms. The van der Waals surface area contributed by atoms with Gasteiger partial charge in [0.1, 0.15) is 17.9 Å². The van der Waals surface area contributed by atoms with Crippen molar-refractivity contribution < 1.29 is 14.3 Å². The predicted molar refractivity (Wildman–Crippen MR) is 83.2 cm³/mol. The summed E-state index contributed by atoms with van der Waals surface area (Å²) in [7, 11) is 0. The maximum atomic E-state index is 12.0. The fraction of sp³-hybridized carbons (Fsp3) is 0.467. The first-order valence-electron chi connectivity index (χ1n) is 7.05. The van der Waals surface area contributed by atoms with Crippen LogP contribution in [-0.4, -0.2) is 35.5 Å². The van der Waals surface area contributed by atoms with Gasteiger partial charge in [-0.2, -0.15) is 0 Å². The summed E-state index contributed by atoms with van der Waals surface area (Å²) in [6.45, 7) is 4.57. The number of hydrogen-bond acceptors (Lipinski definition) is 3. The molecule has 0 aromatic heterocycles. The minimum absolute atomic E-state index is 0.208. The molecule has 0 aliphatic carbocycles. The standard InChI is InChI=1S/C15H19BrN2O3/c1-3-15(4-2)13(19)17-14(20)18(15)8-9-21-12-7-5-6-11(16)10-12/h5-7,10H,3-4,8-9H2,1-2H3,(H,17,19,20). The van der Waals surface area contributed by atoms with Crippen molar-refractivity contribution in [1.29, 1.82) is 0 Å². The maximum absolute atomic E-state index is 12.0. The van der Waals surface area contributed by atoms with Crippen LogP contribution in [0.2, 0.25) is 0 Å². The third-order valence-corrected chi connectivity index (χ3v) is 4.45. The van der Waals surface area contributed by atoms with Crippen LogP contribution >= 0.6 is 15.9 Å². The number of carbonyl (C=O) groups excluding carboxylic acids is 2. The molecular formula is C15H19BrN2O3. The minimum atomic E-state index is -0.738. The molecule has 1 heterocycles. The van der Waals surface area contributed by atoms with E-state index in [2.05, 4.69) is 21.2 Å². The fourth-order valence-electron chi connectivity index (χ4n) is 2.68. The number of nitrogens with one attached hydrogen (secondary N) is 1. The van der Waals surface area contributed by atoms with Gasteiger partial charge in [-0.1, -0.05) is 35.8 Å². The summed E-state index contributed by atoms with van der Waals surface area (Å²) in [5.74, 6) is 0.522. The van der Waals surface area contributed by atoms with E-state index in [-0.39, 0.29) is 11.9 Å². The van der Waals surface area contributed by atoms with Crippen molar-refractivity contribution in [3.63, 3.8) is 0 Å². The van der Waals surface area contributed by atoms with Crippen LogP contribution in [0, 0.1) is 0 Å². The Balaban J connectivity index is 2.01. The van der Waals surface area contributed by atoms with Crippen LogP contribution in [0.25, 0.3) is 0 Å². The Kier molecular flexibility index (Phi) is 4.88. The average molecular weight is 355 g/mol. The molecule has 0 atom stereocenters. The van der Waals surface area contributed by atoms with Crippen LogP contribution in [0.5, 0.6) is 5.75 Å². The lowest BCUT2D eigenvalue weighted by atomic mass is 9.91. The molecule has 0 unspecified atom stereocenters. The second kappa shape index (κ2) is 6.47. The third kappa shape index (κ3) is 3.05. The van der Waals surface area contributed by atoms with Gasteiger partial charge in [-0.15, -0.1) is 0 Å². The minimum Gasteiger partial charge on any atom is -0.492 e. The lowest BCUT2D eigenvalue weighted by molar-refractivity contribution is -0.127. The van der Waals surface area contributed by atoms with Crippen LogP contribution in [0.4, 0.5) is 4.79 Å². The molecule has 21 heavy (non-hydrogen) atoms. The SMILES string of the molecule is CCC1(CC)C(=O)NC(=O)N1CCOc1cccc(Br)c1. The zero-order valence-electron chi connectivity index (χ0n) is 12.2. The molecule has 1 aromatic rings. The van der Waals surface area contributed by atoms with Crippen molar-refractivity contribution in [3.05, 3.63) is 28.7 Å². The molecule has 6 heteroatoms. The lowest BCUT2D eigenvalue weighted by Crippen LogP contribution is -2.50. The quantitative estimate of drug-likeness (QED) is 0.799. The van der Waals surface area contributed by atoms with E-state index in [0.29, 0.717) is 26.0 Å². The number of nitrogens with zero attached hydrogens (tertiary/aromatic N) is 1. The Hall–Kier alpha value is -1.56. The number of halogens is 1. The number of imide groups is 1. The highest BCUT2D eigenvalue weighted by molar-refractivity contribution is 9.10.